The van der Waals surface area contributed by atoms with Crippen LogP contribution in [0, 0.1) is 28.6 Å². The van der Waals surface area contributed by atoms with Gasteiger partial charge in [-0.15, -0.1) is 0 Å². The Morgan fingerprint density at radius 3 is 2.52 bits per heavy atom. The smallest absolute Gasteiger partial charge is 0.159 e. The summed E-state index contributed by atoms with van der Waals surface area (Å²) in [4.78, 5) is 13.0. The molecule has 23 heavy (non-hydrogen) atoms. The average molecular weight is 318 g/mol. The highest BCUT2D eigenvalue weighted by Gasteiger charge is 2.61. The lowest BCUT2D eigenvalue weighted by Gasteiger charge is -2.57. The molecule has 2 N–H and O–H groups in total. The van der Waals surface area contributed by atoms with Crippen LogP contribution in [0.2, 0.25) is 0 Å². The fourth-order valence-corrected chi connectivity index (χ4v) is 6.52. The zero-order valence-electron chi connectivity index (χ0n) is 14.6. The number of aliphatic hydroxyl groups excluding tert-OH is 1. The van der Waals surface area contributed by atoms with Crippen molar-refractivity contribution in [2.24, 2.45) is 28.6 Å². The number of allylic oxidation sites excluding steroid dienone is 1. The van der Waals surface area contributed by atoms with Crippen molar-refractivity contribution in [2.75, 3.05) is 0 Å². The van der Waals surface area contributed by atoms with E-state index in [1.807, 2.05) is 13.0 Å². The van der Waals surface area contributed by atoms with Crippen molar-refractivity contribution in [3.63, 3.8) is 0 Å². The van der Waals surface area contributed by atoms with E-state index in [9.17, 15) is 15.0 Å². The van der Waals surface area contributed by atoms with Crippen LogP contribution >= 0.6 is 0 Å². The molecule has 0 aromatic heterocycles. The van der Waals surface area contributed by atoms with Gasteiger partial charge in [0.05, 0.1) is 11.7 Å². The lowest BCUT2D eigenvalue weighted by molar-refractivity contribution is -0.137. The van der Waals surface area contributed by atoms with Gasteiger partial charge in [0, 0.05) is 5.92 Å². The van der Waals surface area contributed by atoms with Gasteiger partial charge in [-0.1, -0.05) is 19.4 Å². The zero-order chi connectivity index (χ0) is 16.6. The predicted molar refractivity (Wildman–Crippen MR) is 88.7 cm³/mol. The van der Waals surface area contributed by atoms with Crippen LogP contribution in [0.3, 0.4) is 0 Å². The molecular weight excluding hydrogens is 288 g/mol. The molecule has 3 nitrogen and oxygen atoms in total. The van der Waals surface area contributed by atoms with Crippen molar-refractivity contribution >= 4 is 5.78 Å². The molecular formula is C20H30O3. The molecule has 128 valence electrons. The molecule has 3 fully saturated rings. The molecule has 3 heteroatoms. The average Bonchev–Trinajstić information content (AvgIpc) is 2.77. The summed E-state index contributed by atoms with van der Waals surface area (Å²) >= 11 is 0. The zero-order valence-corrected chi connectivity index (χ0v) is 14.6. The molecule has 0 amide bonds. The first-order chi connectivity index (χ1) is 10.7. The number of carbonyl (C=O) groups excluding carboxylic acids is 1. The van der Waals surface area contributed by atoms with Gasteiger partial charge in [0.1, 0.15) is 0 Å². The lowest BCUT2D eigenvalue weighted by Crippen LogP contribution is -2.54. The Kier molecular flexibility index (Phi) is 3.23. The Hall–Kier alpha value is -0.670. The highest BCUT2D eigenvalue weighted by Crippen LogP contribution is 2.64. The summed E-state index contributed by atoms with van der Waals surface area (Å²) in [6.45, 7) is 6.42. The number of carbonyl (C=O) groups is 1. The van der Waals surface area contributed by atoms with E-state index in [4.69, 9.17) is 0 Å². The minimum absolute atomic E-state index is 0.0652. The summed E-state index contributed by atoms with van der Waals surface area (Å²) in [6.07, 6.45) is 7.99. The van der Waals surface area contributed by atoms with Crippen molar-refractivity contribution in [3.05, 3.63) is 11.6 Å². The molecule has 0 bridgehead atoms. The van der Waals surface area contributed by atoms with Crippen molar-refractivity contribution in [1.82, 2.24) is 0 Å². The van der Waals surface area contributed by atoms with Crippen molar-refractivity contribution in [1.29, 1.82) is 0 Å². The van der Waals surface area contributed by atoms with Crippen LogP contribution in [-0.4, -0.2) is 27.7 Å². The third kappa shape index (κ3) is 2.05. The van der Waals surface area contributed by atoms with E-state index >= 15 is 0 Å². The monoisotopic (exact) mass is 318 g/mol. The maximum Gasteiger partial charge on any atom is 0.159 e. The number of fused-ring (bicyclic) bond motifs is 5. The molecule has 0 unspecified atom stereocenters. The van der Waals surface area contributed by atoms with Crippen LogP contribution < -0.4 is 0 Å². The van der Waals surface area contributed by atoms with Gasteiger partial charge in [0.25, 0.3) is 0 Å². The van der Waals surface area contributed by atoms with E-state index in [2.05, 4.69) is 13.8 Å². The largest absolute Gasteiger partial charge is 0.393 e. The first-order valence-electron chi connectivity index (χ1n) is 9.33. The van der Waals surface area contributed by atoms with E-state index < -0.39 is 5.60 Å². The molecule has 4 rings (SSSR count). The summed E-state index contributed by atoms with van der Waals surface area (Å²) in [6, 6.07) is 0. The van der Waals surface area contributed by atoms with Gasteiger partial charge in [-0.2, -0.15) is 0 Å². The maximum absolute atomic E-state index is 13.0. The van der Waals surface area contributed by atoms with E-state index in [0.29, 0.717) is 18.3 Å². The summed E-state index contributed by atoms with van der Waals surface area (Å²) in [5.74, 6) is 1.09. The molecule has 0 heterocycles. The fourth-order valence-electron chi connectivity index (χ4n) is 6.52. The van der Waals surface area contributed by atoms with Crippen LogP contribution in [0.5, 0.6) is 0 Å². The first kappa shape index (κ1) is 15.8. The lowest BCUT2D eigenvalue weighted by atomic mass is 9.47. The van der Waals surface area contributed by atoms with E-state index in [1.54, 1.807) is 0 Å². The Morgan fingerprint density at radius 1 is 1.04 bits per heavy atom. The fraction of sp³-hybridized carbons (Fsp3) is 0.850. The Bertz CT molecular complexity index is 577. The summed E-state index contributed by atoms with van der Waals surface area (Å²) in [5.41, 5.74) is 0.515. The number of hydrogen-bond donors (Lipinski definition) is 2. The third-order valence-electron chi connectivity index (χ3n) is 8.17. The van der Waals surface area contributed by atoms with E-state index in [0.717, 1.165) is 38.5 Å². The van der Waals surface area contributed by atoms with Gasteiger partial charge in [0.2, 0.25) is 0 Å². The van der Waals surface area contributed by atoms with Crippen molar-refractivity contribution in [2.45, 2.75) is 77.4 Å². The van der Waals surface area contributed by atoms with Crippen LogP contribution in [-0.2, 0) is 4.79 Å². The minimum atomic E-state index is -0.662. The van der Waals surface area contributed by atoms with Gasteiger partial charge in [0.15, 0.2) is 5.78 Å². The quantitative estimate of drug-likeness (QED) is 0.721. The Morgan fingerprint density at radius 2 is 1.78 bits per heavy atom. The predicted octanol–water partition coefficient (Wildman–Crippen LogP) is 3.24. The van der Waals surface area contributed by atoms with Crippen LogP contribution in [0.4, 0.5) is 0 Å². The highest BCUT2D eigenvalue weighted by atomic mass is 16.3. The van der Waals surface area contributed by atoms with Gasteiger partial charge < -0.3 is 10.2 Å². The molecule has 3 saturated carbocycles. The molecule has 0 aromatic carbocycles. The second kappa shape index (κ2) is 4.70. The van der Waals surface area contributed by atoms with Crippen LogP contribution in [0.1, 0.15) is 65.7 Å². The Balaban J connectivity index is 1.74. The highest BCUT2D eigenvalue weighted by molar-refractivity contribution is 5.94. The molecule has 0 radical (unpaired) electrons. The Labute approximate surface area is 139 Å². The number of aliphatic hydroxyl groups is 2. The van der Waals surface area contributed by atoms with Crippen LogP contribution in [0.15, 0.2) is 11.6 Å². The standard InChI is InChI=1S/C20H30O3/c1-18(23)8-9-19(2)12(11-18)10-15(21)17-13-4-5-16(22)20(13,3)7-6-14(17)19/h10,13-14,16-17,22-23H,4-9,11H2,1-3H3/t13-,14-,16-,17-,18-,19-,20-/m0/s1. The SMILES string of the molecule is C[C@]1(O)CC[C@@]2(C)C(=CC(=O)[C@H]3[C@@H]4CC[C@H](O)[C@@]4(C)CC[C@@H]32)C1. The topological polar surface area (TPSA) is 57.5 Å². The van der Waals surface area contributed by atoms with Gasteiger partial charge >= 0.3 is 0 Å². The molecule has 0 spiro atoms. The molecule has 7 atom stereocenters. The van der Waals surface area contributed by atoms with E-state index in [-0.39, 0.29) is 28.6 Å². The normalized spacial score (nSPS) is 55.7. The number of rotatable bonds is 0. The van der Waals surface area contributed by atoms with E-state index in [1.165, 1.54) is 5.57 Å². The maximum atomic E-state index is 13.0. The third-order valence-corrected chi connectivity index (χ3v) is 8.17. The van der Waals surface area contributed by atoms with Crippen molar-refractivity contribution in [3.8, 4) is 0 Å². The van der Waals surface area contributed by atoms with Gasteiger partial charge in [-0.05, 0) is 80.6 Å². The number of ketones is 1. The van der Waals surface area contributed by atoms with Crippen molar-refractivity contribution < 1.29 is 15.0 Å². The molecule has 0 saturated heterocycles. The van der Waals surface area contributed by atoms with Gasteiger partial charge in [-0.25, -0.2) is 0 Å². The van der Waals surface area contributed by atoms with Crippen LogP contribution in [0.25, 0.3) is 0 Å². The summed E-state index contributed by atoms with van der Waals surface area (Å²) < 4.78 is 0. The van der Waals surface area contributed by atoms with Gasteiger partial charge in [-0.3, -0.25) is 4.79 Å². The second-order valence-corrected chi connectivity index (χ2v) is 9.54. The molecule has 4 aliphatic rings. The molecule has 0 aromatic rings. The molecule has 0 aliphatic heterocycles. The minimum Gasteiger partial charge on any atom is -0.393 e. The first-order valence-corrected chi connectivity index (χ1v) is 9.33. The second-order valence-electron chi connectivity index (χ2n) is 9.54. The number of hydrogen-bond acceptors (Lipinski definition) is 3. The molecule has 4 aliphatic carbocycles. The summed E-state index contributed by atoms with van der Waals surface area (Å²) in [7, 11) is 0. The summed E-state index contributed by atoms with van der Waals surface area (Å²) in [5, 5.41) is 20.9.